The van der Waals surface area contributed by atoms with Crippen molar-refractivity contribution in [3.8, 4) is 0 Å². The van der Waals surface area contributed by atoms with Gasteiger partial charge in [-0.3, -0.25) is 9.52 Å². The predicted octanol–water partition coefficient (Wildman–Crippen LogP) is 4.70. The van der Waals surface area contributed by atoms with E-state index >= 15 is 0 Å². The highest BCUT2D eigenvalue weighted by atomic mass is 35.5. The highest BCUT2D eigenvalue weighted by Crippen LogP contribution is 2.33. The van der Waals surface area contributed by atoms with Crippen LogP contribution in [0.5, 0.6) is 0 Å². The Hall–Kier alpha value is -1.72. The van der Waals surface area contributed by atoms with Gasteiger partial charge in [0.1, 0.15) is 0 Å². The third-order valence-corrected chi connectivity index (χ3v) is 5.74. The molecule has 0 fully saturated rings. The lowest BCUT2D eigenvalue weighted by molar-refractivity contribution is -0.242. The number of rotatable bonds is 5. The Labute approximate surface area is 178 Å². The predicted molar refractivity (Wildman–Crippen MR) is 104 cm³/mol. The number of halogens is 6. The minimum Gasteiger partial charge on any atom is -0.373 e. The summed E-state index contributed by atoms with van der Waals surface area (Å²) in [5.41, 5.74) is -3.93. The van der Waals surface area contributed by atoms with Crippen LogP contribution in [-0.4, -0.2) is 31.2 Å². The van der Waals surface area contributed by atoms with Crippen molar-refractivity contribution in [3.63, 3.8) is 0 Å². The number of aliphatic hydroxyl groups is 1. The largest absolute Gasteiger partial charge is 0.426 e. The Morgan fingerprint density at radius 2 is 1.59 bits per heavy atom. The minimum atomic E-state index is -5.23. The van der Waals surface area contributed by atoms with Crippen molar-refractivity contribution < 1.29 is 31.5 Å². The van der Waals surface area contributed by atoms with Crippen molar-refractivity contribution in [2.24, 2.45) is 0 Å². The van der Waals surface area contributed by atoms with E-state index in [1.54, 1.807) is 0 Å². The normalized spacial score (nSPS) is 14.2. The third kappa shape index (κ3) is 5.46. The lowest BCUT2D eigenvalue weighted by atomic mass is 10.1. The molecule has 2 aromatic rings. The molecule has 1 atom stereocenters. The third-order valence-electron chi connectivity index (χ3n) is 3.61. The zero-order valence-corrected chi connectivity index (χ0v) is 17.4. The first-order chi connectivity index (χ1) is 13.1. The van der Waals surface area contributed by atoms with Crippen molar-refractivity contribution in [3.05, 3.63) is 51.5 Å². The smallest absolute Gasteiger partial charge is 0.373 e. The Kier molecular flexibility index (Phi) is 6.65. The van der Waals surface area contributed by atoms with Gasteiger partial charge in [-0.15, -0.1) is 0 Å². The summed E-state index contributed by atoms with van der Waals surface area (Å²) >= 11 is 17.5. The second-order valence-electron chi connectivity index (χ2n) is 5.93. The van der Waals surface area contributed by atoms with Crippen LogP contribution in [0.4, 0.5) is 24.5 Å². The molecule has 0 spiro atoms. The fourth-order valence-corrected chi connectivity index (χ4v) is 3.85. The maximum Gasteiger partial charge on any atom is 0.426 e. The summed E-state index contributed by atoms with van der Waals surface area (Å²) in [6, 6.07) is 6.89. The first-order valence-electron chi connectivity index (χ1n) is 7.52. The fraction of sp³-hybridized carbons (Fsp3) is 0.188. The van der Waals surface area contributed by atoms with E-state index in [9.17, 15) is 31.5 Å². The molecule has 1 amide bonds. The molecule has 3 N–H and O–H groups in total. The number of hydrogen-bond acceptors (Lipinski definition) is 4. The lowest BCUT2D eigenvalue weighted by Gasteiger charge is -2.25. The van der Waals surface area contributed by atoms with Gasteiger partial charge in [-0.2, -0.15) is 13.2 Å². The van der Waals surface area contributed by atoms with E-state index in [0.717, 1.165) is 18.2 Å². The van der Waals surface area contributed by atoms with Gasteiger partial charge in [0, 0.05) is 10.0 Å². The maximum absolute atomic E-state index is 12.7. The van der Waals surface area contributed by atoms with E-state index in [0.29, 0.717) is 0 Å². The van der Waals surface area contributed by atoms with Gasteiger partial charge in [-0.1, -0.05) is 34.8 Å². The van der Waals surface area contributed by atoms with Crippen molar-refractivity contribution in [1.29, 1.82) is 0 Å². The van der Waals surface area contributed by atoms with Gasteiger partial charge >= 0.3 is 6.18 Å². The molecule has 0 aliphatic rings. The van der Waals surface area contributed by atoms with Crippen molar-refractivity contribution in [2.75, 3.05) is 10.0 Å². The number of hydrogen-bond donors (Lipinski definition) is 3. The van der Waals surface area contributed by atoms with Crippen LogP contribution in [0.25, 0.3) is 0 Å². The van der Waals surface area contributed by atoms with Crippen LogP contribution in [0.1, 0.15) is 6.92 Å². The number of benzene rings is 2. The van der Waals surface area contributed by atoms with Crippen LogP contribution in [0.15, 0.2) is 41.3 Å². The summed E-state index contributed by atoms with van der Waals surface area (Å²) in [6.45, 7) is 0.273. The average molecular weight is 492 g/mol. The van der Waals surface area contributed by atoms with E-state index < -0.39 is 27.7 Å². The Bertz CT molecular complexity index is 1040. The van der Waals surface area contributed by atoms with Crippen molar-refractivity contribution in [2.45, 2.75) is 23.6 Å². The van der Waals surface area contributed by atoms with Gasteiger partial charge in [0.15, 0.2) is 0 Å². The van der Waals surface area contributed by atoms with E-state index in [4.69, 9.17) is 34.8 Å². The molecular formula is C16H12Cl3F3N2O4S. The van der Waals surface area contributed by atoms with Gasteiger partial charge < -0.3 is 10.4 Å². The number of sulfonamides is 1. The summed E-state index contributed by atoms with van der Waals surface area (Å²) in [4.78, 5) is 11.4. The van der Waals surface area contributed by atoms with Gasteiger partial charge in [0.25, 0.3) is 15.9 Å². The quantitative estimate of drug-likeness (QED) is 0.565. The monoisotopic (exact) mass is 490 g/mol. The molecule has 6 nitrogen and oxygen atoms in total. The van der Waals surface area contributed by atoms with Gasteiger partial charge in [0.05, 0.1) is 21.3 Å². The highest BCUT2D eigenvalue weighted by molar-refractivity contribution is 7.92. The van der Waals surface area contributed by atoms with E-state index in [2.05, 4.69) is 4.72 Å². The molecular weight excluding hydrogens is 480 g/mol. The number of anilines is 2. The molecule has 0 saturated heterocycles. The van der Waals surface area contributed by atoms with E-state index in [1.165, 1.54) is 18.2 Å². The topological polar surface area (TPSA) is 95.5 Å². The molecule has 0 aromatic heterocycles. The Morgan fingerprint density at radius 3 is 2.07 bits per heavy atom. The Balaban J connectivity index is 2.27. The van der Waals surface area contributed by atoms with Gasteiger partial charge in [0.2, 0.25) is 5.60 Å². The second kappa shape index (κ2) is 8.19. The van der Waals surface area contributed by atoms with Crippen LogP contribution in [-0.2, 0) is 14.8 Å². The molecule has 0 aliphatic carbocycles. The molecule has 29 heavy (non-hydrogen) atoms. The summed E-state index contributed by atoms with van der Waals surface area (Å²) in [5, 5.41) is 11.2. The molecule has 158 valence electrons. The number of alkyl halides is 3. The maximum atomic E-state index is 12.7. The molecule has 13 heteroatoms. The molecule has 0 unspecified atom stereocenters. The van der Waals surface area contributed by atoms with Crippen molar-refractivity contribution in [1.82, 2.24) is 0 Å². The summed E-state index contributed by atoms with van der Waals surface area (Å²) in [6.07, 6.45) is -5.23. The summed E-state index contributed by atoms with van der Waals surface area (Å²) in [5.74, 6) is -1.78. The van der Waals surface area contributed by atoms with E-state index in [-0.39, 0.29) is 38.3 Å². The van der Waals surface area contributed by atoms with Crippen molar-refractivity contribution >= 4 is 62.1 Å². The molecule has 0 aliphatic heterocycles. The van der Waals surface area contributed by atoms with Crippen LogP contribution < -0.4 is 10.0 Å². The molecule has 0 heterocycles. The summed E-state index contributed by atoms with van der Waals surface area (Å²) < 4.78 is 65.3. The van der Waals surface area contributed by atoms with Crippen LogP contribution in [0.3, 0.4) is 0 Å². The number of carbonyl (C=O) groups excluding carboxylic acids is 1. The fourth-order valence-electron chi connectivity index (χ4n) is 1.96. The SMILES string of the molecule is C[C@@](O)(C(=O)Nc1ccc(S(=O)(=O)Nc2cc(Cl)cc(Cl)c2)cc1Cl)C(F)(F)F. The van der Waals surface area contributed by atoms with Crippen LogP contribution >= 0.6 is 34.8 Å². The lowest BCUT2D eigenvalue weighted by Crippen LogP contribution is -2.52. The molecule has 2 rings (SSSR count). The zero-order valence-electron chi connectivity index (χ0n) is 14.3. The van der Waals surface area contributed by atoms with E-state index in [1.807, 2.05) is 5.32 Å². The molecule has 0 bridgehead atoms. The highest BCUT2D eigenvalue weighted by Gasteiger charge is 2.55. The summed E-state index contributed by atoms with van der Waals surface area (Å²) in [7, 11) is -4.16. The molecule has 2 aromatic carbocycles. The molecule has 0 radical (unpaired) electrons. The zero-order chi connectivity index (χ0) is 22.2. The first-order valence-corrected chi connectivity index (χ1v) is 10.1. The average Bonchev–Trinajstić information content (AvgIpc) is 2.53. The minimum absolute atomic E-state index is 0.0669. The molecule has 0 saturated carbocycles. The number of amides is 1. The second-order valence-corrected chi connectivity index (χ2v) is 8.89. The van der Waals surface area contributed by atoms with Crippen LogP contribution in [0.2, 0.25) is 15.1 Å². The van der Waals surface area contributed by atoms with Crippen LogP contribution in [0, 0.1) is 0 Å². The standard InChI is InChI=1S/C16H12Cl3F3N2O4S/c1-15(26,16(20,21)22)14(25)23-13-3-2-11(7-12(13)19)29(27,28)24-10-5-8(17)4-9(18)6-10/h2-7,24,26H,1H3,(H,23,25)/t15-/m1/s1. The Morgan fingerprint density at radius 1 is 1.03 bits per heavy atom. The van der Waals surface area contributed by atoms with Gasteiger partial charge in [-0.25, -0.2) is 8.42 Å². The first kappa shape index (κ1) is 23.6. The number of nitrogens with one attached hydrogen (secondary N) is 2. The number of carbonyl (C=O) groups is 1. The van der Waals surface area contributed by atoms with Gasteiger partial charge in [-0.05, 0) is 43.3 Å².